The van der Waals surface area contributed by atoms with Gasteiger partial charge in [-0.1, -0.05) is 6.92 Å². The number of carbonyl (C=O) groups is 1. The Morgan fingerprint density at radius 3 is 2.82 bits per heavy atom. The first-order chi connectivity index (χ1) is 8.17. The summed E-state index contributed by atoms with van der Waals surface area (Å²) >= 11 is 1.76. The molecule has 0 saturated carbocycles. The number of rotatable bonds is 6. The zero-order valence-electron chi connectivity index (χ0n) is 9.93. The van der Waals surface area contributed by atoms with Crippen molar-refractivity contribution in [2.45, 2.75) is 6.92 Å². The van der Waals surface area contributed by atoms with Crippen molar-refractivity contribution in [3.05, 3.63) is 17.8 Å². The highest BCUT2D eigenvalue weighted by molar-refractivity contribution is 7.98. The molecule has 0 aliphatic rings. The van der Waals surface area contributed by atoms with Crippen molar-refractivity contribution < 1.29 is 4.79 Å². The molecule has 0 saturated heterocycles. The zero-order valence-corrected chi connectivity index (χ0v) is 10.8. The Morgan fingerprint density at radius 2 is 2.29 bits per heavy atom. The fraction of sp³-hybridized carbons (Fsp3) is 0.500. The van der Waals surface area contributed by atoms with Crippen LogP contribution in [0.4, 0.5) is 5.82 Å². The highest BCUT2D eigenvalue weighted by Crippen LogP contribution is 2.04. The minimum Gasteiger partial charge on any atom is -0.350 e. The molecule has 1 rings (SSSR count). The molecule has 1 aromatic heterocycles. The summed E-state index contributed by atoms with van der Waals surface area (Å²) in [6.07, 6.45) is 2.04. The van der Waals surface area contributed by atoms with E-state index in [1.807, 2.05) is 6.26 Å². The SMILES string of the molecule is CSCC(C)CNC(=O)c1ccc(NN)nn1. The third-order valence-electron chi connectivity index (χ3n) is 2.11. The number of thioether (sulfide) groups is 1. The van der Waals surface area contributed by atoms with E-state index < -0.39 is 0 Å². The van der Waals surface area contributed by atoms with Crippen molar-refractivity contribution in [1.29, 1.82) is 0 Å². The van der Waals surface area contributed by atoms with Gasteiger partial charge in [0.05, 0.1) is 0 Å². The van der Waals surface area contributed by atoms with Crippen molar-refractivity contribution in [2.75, 3.05) is 24.0 Å². The molecule has 1 atom stereocenters. The maximum Gasteiger partial charge on any atom is 0.271 e. The quantitative estimate of drug-likeness (QED) is 0.506. The molecule has 0 radical (unpaired) electrons. The number of aromatic nitrogens is 2. The van der Waals surface area contributed by atoms with E-state index in [1.165, 1.54) is 0 Å². The van der Waals surface area contributed by atoms with Gasteiger partial charge in [-0.3, -0.25) is 4.79 Å². The van der Waals surface area contributed by atoms with Gasteiger partial charge < -0.3 is 10.7 Å². The number of hydrogen-bond donors (Lipinski definition) is 3. The average Bonchev–Trinajstić information content (AvgIpc) is 2.36. The van der Waals surface area contributed by atoms with Crippen LogP contribution in [-0.2, 0) is 0 Å². The van der Waals surface area contributed by atoms with Gasteiger partial charge in [-0.05, 0) is 30.1 Å². The molecule has 0 fully saturated rings. The molecule has 0 aliphatic heterocycles. The van der Waals surface area contributed by atoms with Crippen molar-refractivity contribution in [1.82, 2.24) is 15.5 Å². The second-order valence-corrected chi connectivity index (χ2v) is 4.63. The molecule has 0 aromatic carbocycles. The maximum absolute atomic E-state index is 11.7. The maximum atomic E-state index is 11.7. The van der Waals surface area contributed by atoms with Crippen LogP contribution in [0, 0.1) is 5.92 Å². The topological polar surface area (TPSA) is 92.9 Å². The first-order valence-electron chi connectivity index (χ1n) is 5.25. The van der Waals surface area contributed by atoms with E-state index in [4.69, 9.17) is 5.84 Å². The molecule has 1 amide bonds. The van der Waals surface area contributed by atoms with Gasteiger partial charge in [-0.25, -0.2) is 5.84 Å². The number of amides is 1. The van der Waals surface area contributed by atoms with Crippen LogP contribution < -0.4 is 16.6 Å². The monoisotopic (exact) mass is 255 g/mol. The summed E-state index contributed by atoms with van der Waals surface area (Å²) in [5.74, 6) is 6.82. The highest BCUT2D eigenvalue weighted by atomic mass is 32.2. The number of nitrogen functional groups attached to an aromatic ring is 1. The average molecular weight is 255 g/mol. The Labute approximate surface area is 105 Å². The van der Waals surface area contributed by atoms with E-state index in [9.17, 15) is 4.79 Å². The molecule has 94 valence electrons. The van der Waals surface area contributed by atoms with Crippen molar-refractivity contribution in [3.63, 3.8) is 0 Å². The Morgan fingerprint density at radius 1 is 1.53 bits per heavy atom. The van der Waals surface area contributed by atoms with Crippen molar-refractivity contribution >= 4 is 23.5 Å². The Balaban J connectivity index is 2.46. The fourth-order valence-electron chi connectivity index (χ4n) is 1.23. The lowest BCUT2D eigenvalue weighted by Gasteiger charge is -2.10. The number of carbonyl (C=O) groups excluding carboxylic acids is 1. The lowest BCUT2D eigenvalue weighted by Crippen LogP contribution is -2.30. The normalized spacial score (nSPS) is 11.9. The summed E-state index contributed by atoms with van der Waals surface area (Å²) in [5.41, 5.74) is 2.64. The number of hydrogen-bond acceptors (Lipinski definition) is 6. The van der Waals surface area contributed by atoms with Crippen LogP contribution in [0.3, 0.4) is 0 Å². The first kappa shape index (κ1) is 13.7. The van der Waals surface area contributed by atoms with Gasteiger partial charge >= 0.3 is 0 Å². The Hall–Kier alpha value is -1.34. The summed E-state index contributed by atoms with van der Waals surface area (Å²) in [6.45, 7) is 2.72. The van der Waals surface area contributed by atoms with Gasteiger partial charge in [0.25, 0.3) is 5.91 Å². The molecular weight excluding hydrogens is 238 g/mol. The van der Waals surface area contributed by atoms with E-state index in [2.05, 4.69) is 27.9 Å². The van der Waals surface area contributed by atoms with Crippen LogP contribution in [0.1, 0.15) is 17.4 Å². The summed E-state index contributed by atoms with van der Waals surface area (Å²) in [5, 5.41) is 10.3. The molecule has 0 spiro atoms. The summed E-state index contributed by atoms with van der Waals surface area (Å²) in [7, 11) is 0. The number of nitrogens with one attached hydrogen (secondary N) is 2. The lowest BCUT2D eigenvalue weighted by molar-refractivity contribution is 0.0943. The predicted octanol–water partition coefficient (Wildman–Crippen LogP) is 0.491. The molecule has 7 heteroatoms. The Kier molecular flexibility index (Phi) is 5.71. The van der Waals surface area contributed by atoms with Crippen molar-refractivity contribution in [2.24, 2.45) is 11.8 Å². The van der Waals surface area contributed by atoms with E-state index in [-0.39, 0.29) is 5.91 Å². The van der Waals surface area contributed by atoms with E-state index in [0.717, 1.165) is 5.75 Å². The fourth-order valence-corrected chi connectivity index (χ4v) is 1.92. The molecular formula is C10H17N5OS. The number of hydrazine groups is 1. The number of nitrogens with two attached hydrogens (primary N) is 1. The third-order valence-corrected chi connectivity index (χ3v) is 3.01. The van der Waals surface area contributed by atoms with Crippen LogP contribution >= 0.6 is 11.8 Å². The second kappa shape index (κ2) is 7.08. The van der Waals surface area contributed by atoms with E-state index in [0.29, 0.717) is 24.0 Å². The molecule has 6 nitrogen and oxygen atoms in total. The predicted molar refractivity (Wildman–Crippen MR) is 69.7 cm³/mol. The van der Waals surface area contributed by atoms with E-state index in [1.54, 1.807) is 23.9 Å². The largest absolute Gasteiger partial charge is 0.350 e. The molecule has 1 aromatic rings. The van der Waals surface area contributed by atoms with Gasteiger partial charge in [-0.15, -0.1) is 10.2 Å². The first-order valence-corrected chi connectivity index (χ1v) is 6.64. The van der Waals surface area contributed by atoms with Crippen LogP contribution in [0.5, 0.6) is 0 Å². The Bertz CT molecular complexity index is 356. The standard InChI is InChI=1S/C10H17N5OS/c1-7(6-17-2)5-12-10(16)8-3-4-9(13-11)15-14-8/h3-4,7H,5-6,11H2,1-2H3,(H,12,16)(H,13,15). The van der Waals surface area contributed by atoms with Crippen LogP contribution in [0.25, 0.3) is 0 Å². The highest BCUT2D eigenvalue weighted by Gasteiger charge is 2.09. The molecule has 1 heterocycles. The van der Waals surface area contributed by atoms with Gasteiger partial charge in [0, 0.05) is 6.54 Å². The van der Waals surface area contributed by atoms with Crippen LogP contribution in [0.2, 0.25) is 0 Å². The smallest absolute Gasteiger partial charge is 0.271 e. The summed E-state index contributed by atoms with van der Waals surface area (Å²) in [6, 6.07) is 3.18. The van der Waals surface area contributed by atoms with Gasteiger partial charge in [0.2, 0.25) is 0 Å². The number of nitrogens with zero attached hydrogens (tertiary/aromatic N) is 2. The molecule has 0 bridgehead atoms. The summed E-state index contributed by atoms with van der Waals surface area (Å²) < 4.78 is 0. The minimum atomic E-state index is -0.214. The number of anilines is 1. The van der Waals surface area contributed by atoms with Crippen molar-refractivity contribution in [3.8, 4) is 0 Å². The molecule has 1 unspecified atom stereocenters. The second-order valence-electron chi connectivity index (χ2n) is 3.72. The molecule has 0 aliphatic carbocycles. The summed E-state index contributed by atoms with van der Waals surface area (Å²) in [4.78, 5) is 11.7. The molecule has 4 N–H and O–H groups in total. The third kappa shape index (κ3) is 4.58. The van der Waals surface area contributed by atoms with E-state index >= 15 is 0 Å². The lowest BCUT2D eigenvalue weighted by atomic mass is 10.2. The molecule has 17 heavy (non-hydrogen) atoms. The van der Waals surface area contributed by atoms with Gasteiger partial charge in [-0.2, -0.15) is 11.8 Å². The minimum absolute atomic E-state index is 0.214. The van der Waals surface area contributed by atoms with Crippen LogP contribution in [-0.4, -0.2) is 34.7 Å². The zero-order chi connectivity index (χ0) is 12.7. The van der Waals surface area contributed by atoms with Gasteiger partial charge in [0.1, 0.15) is 0 Å². The van der Waals surface area contributed by atoms with Gasteiger partial charge in [0.15, 0.2) is 11.5 Å². The van der Waals surface area contributed by atoms with Crippen LogP contribution in [0.15, 0.2) is 12.1 Å².